The second kappa shape index (κ2) is 6.67. The van der Waals surface area contributed by atoms with Crippen molar-refractivity contribution >= 4 is 5.91 Å². The average Bonchev–Trinajstić information content (AvgIpc) is 3.44. The molecule has 0 unspecified atom stereocenters. The molecule has 0 saturated heterocycles. The van der Waals surface area contributed by atoms with Gasteiger partial charge in [0, 0.05) is 12.6 Å². The van der Waals surface area contributed by atoms with E-state index in [1.54, 1.807) is 18.2 Å². The quantitative estimate of drug-likeness (QED) is 0.893. The number of amides is 1. The molecule has 1 amide bonds. The largest absolute Gasteiger partial charge is 0.353 e. The van der Waals surface area contributed by atoms with Crippen molar-refractivity contribution in [2.45, 2.75) is 50.5 Å². The Morgan fingerprint density at radius 3 is 2.65 bits per heavy atom. The molecule has 136 valence electrons. The molecule has 1 N–H and O–H groups in total. The number of fused-ring (bicyclic) bond motifs is 1. The number of hydrogen-bond acceptors (Lipinski definition) is 3. The number of halogens is 1. The van der Waals surface area contributed by atoms with Crippen LogP contribution >= 0.6 is 0 Å². The Morgan fingerprint density at radius 1 is 1.19 bits per heavy atom. The third kappa shape index (κ3) is 3.16. The summed E-state index contributed by atoms with van der Waals surface area (Å²) in [7, 11) is 0. The fourth-order valence-electron chi connectivity index (χ4n) is 3.75. The highest BCUT2D eigenvalue weighted by Gasteiger charge is 2.51. The topological polar surface area (TPSA) is 64.0 Å². The summed E-state index contributed by atoms with van der Waals surface area (Å²) >= 11 is 0. The molecule has 1 aromatic carbocycles. The Hall–Kier alpha value is -2.50. The van der Waals surface area contributed by atoms with Gasteiger partial charge >= 0.3 is 0 Å². The number of rotatable bonds is 5. The lowest BCUT2D eigenvalue weighted by molar-refractivity contribution is -0.123. The van der Waals surface area contributed by atoms with Gasteiger partial charge in [-0.2, -0.15) is 5.10 Å². The van der Waals surface area contributed by atoms with Crippen molar-refractivity contribution in [2.75, 3.05) is 6.54 Å². The van der Waals surface area contributed by atoms with Gasteiger partial charge < -0.3 is 5.32 Å². The van der Waals surface area contributed by atoms with E-state index in [-0.39, 0.29) is 17.3 Å². The van der Waals surface area contributed by atoms with Crippen LogP contribution in [0.15, 0.2) is 35.1 Å². The molecule has 1 aromatic heterocycles. The Labute approximate surface area is 151 Å². The summed E-state index contributed by atoms with van der Waals surface area (Å²) in [6.45, 7) is 0.713. The smallest absolute Gasteiger partial charge is 0.267 e. The van der Waals surface area contributed by atoms with Crippen LogP contribution in [0.5, 0.6) is 0 Å². The molecule has 0 bridgehead atoms. The molecule has 0 spiro atoms. The second-order valence-electron chi connectivity index (χ2n) is 7.23. The molecule has 2 aliphatic carbocycles. The molecule has 1 fully saturated rings. The number of hydrogen-bond donors (Lipinski definition) is 1. The third-order valence-electron chi connectivity index (χ3n) is 5.46. The molecule has 1 heterocycles. The van der Waals surface area contributed by atoms with Crippen LogP contribution in [0.3, 0.4) is 0 Å². The molecule has 0 radical (unpaired) electrons. The molecule has 0 atom stereocenters. The average molecular weight is 355 g/mol. The first-order chi connectivity index (χ1) is 12.6. The van der Waals surface area contributed by atoms with E-state index in [2.05, 4.69) is 10.4 Å². The van der Waals surface area contributed by atoms with E-state index in [9.17, 15) is 14.0 Å². The molecule has 2 aromatic rings. The molecule has 4 rings (SSSR count). The summed E-state index contributed by atoms with van der Waals surface area (Å²) in [6.07, 6.45) is 5.59. The minimum absolute atomic E-state index is 0.0601. The van der Waals surface area contributed by atoms with Gasteiger partial charge in [0.1, 0.15) is 5.82 Å². The molecule has 6 heteroatoms. The van der Waals surface area contributed by atoms with Gasteiger partial charge in [0.25, 0.3) is 5.56 Å². The van der Waals surface area contributed by atoms with Gasteiger partial charge in [-0.3, -0.25) is 9.59 Å². The summed E-state index contributed by atoms with van der Waals surface area (Å²) < 4.78 is 14.6. The highest BCUT2D eigenvalue weighted by Crippen LogP contribution is 2.48. The van der Waals surface area contributed by atoms with Crippen LogP contribution in [0.2, 0.25) is 0 Å². The van der Waals surface area contributed by atoms with Crippen molar-refractivity contribution in [3.05, 3.63) is 63.3 Å². The summed E-state index contributed by atoms with van der Waals surface area (Å²) in [5.41, 5.74) is 2.27. The predicted molar refractivity (Wildman–Crippen MR) is 95.5 cm³/mol. The van der Waals surface area contributed by atoms with Crippen LogP contribution in [0.25, 0.3) is 0 Å². The fraction of sp³-hybridized carbons (Fsp3) is 0.450. The molecule has 5 nitrogen and oxygen atoms in total. The van der Waals surface area contributed by atoms with Crippen molar-refractivity contribution in [1.82, 2.24) is 15.1 Å². The number of aryl methyl sites for hydroxylation is 2. The summed E-state index contributed by atoms with van der Waals surface area (Å²) in [6, 6.07) is 7.82. The standard InChI is InChI=1S/C20H22FN3O2/c21-16-7-5-15(6-8-16)20(9-10-20)19(26)22-11-12-24-18(25)13-14-3-1-2-4-17(14)23-24/h5-8,13H,1-4,9-12H2,(H,22,26). The molecular weight excluding hydrogens is 333 g/mol. The summed E-state index contributed by atoms with van der Waals surface area (Å²) in [5.74, 6) is -0.363. The van der Waals surface area contributed by atoms with E-state index in [0.29, 0.717) is 13.1 Å². The Morgan fingerprint density at radius 2 is 1.92 bits per heavy atom. The van der Waals surface area contributed by atoms with E-state index in [4.69, 9.17) is 0 Å². The van der Waals surface area contributed by atoms with Gasteiger partial charge in [0.05, 0.1) is 17.7 Å². The molecular formula is C20H22FN3O2. The van der Waals surface area contributed by atoms with Crippen LogP contribution in [0.1, 0.15) is 42.5 Å². The van der Waals surface area contributed by atoms with Crippen LogP contribution in [0, 0.1) is 5.82 Å². The number of nitrogens with one attached hydrogen (secondary N) is 1. The van der Waals surface area contributed by atoms with Crippen molar-refractivity contribution in [3.63, 3.8) is 0 Å². The predicted octanol–water partition coefficient (Wildman–Crippen LogP) is 2.11. The zero-order valence-electron chi connectivity index (χ0n) is 14.6. The summed E-state index contributed by atoms with van der Waals surface area (Å²) in [4.78, 5) is 24.8. The maximum absolute atomic E-state index is 13.1. The number of nitrogens with zero attached hydrogens (tertiary/aromatic N) is 2. The van der Waals surface area contributed by atoms with Crippen molar-refractivity contribution in [2.24, 2.45) is 0 Å². The number of carbonyl (C=O) groups excluding carboxylic acids is 1. The third-order valence-corrected chi connectivity index (χ3v) is 5.46. The lowest BCUT2D eigenvalue weighted by Crippen LogP contribution is -2.38. The van der Waals surface area contributed by atoms with Gasteiger partial charge in [-0.1, -0.05) is 12.1 Å². The zero-order valence-corrected chi connectivity index (χ0v) is 14.6. The summed E-state index contributed by atoms with van der Waals surface area (Å²) in [5, 5.41) is 7.39. The Kier molecular flexibility index (Phi) is 4.34. The lowest BCUT2D eigenvalue weighted by Gasteiger charge is -2.17. The molecule has 2 aliphatic rings. The molecule has 1 saturated carbocycles. The zero-order chi connectivity index (χ0) is 18.1. The van der Waals surface area contributed by atoms with Gasteiger partial charge in [-0.15, -0.1) is 0 Å². The molecule has 26 heavy (non-hydrogen) atoms. The Balaban J connectivity index is 1.40. The van der Waals surface area contributed by atoms with Crippen molar-refractivity contribution < 1.29 is 9.18 Å². The number of benzene rings is 1. The first kappa shape index (κ1) is 16.9. The fourth-order valence-corrected chi connectivity index (χ4v) is 3.75. The number of carbonyl (C=O) groups is 1. The second-order valence-corrected chi connectivity index (χ2v) is 7.23. The van der Waals surface area contributed by atoms with E-state index in [1.807, 2.05) is 0 Å². The monoisotopic (exact) mass is 355 g/mol. The van der Waals surface area contributed by atoms with E-state index in [1.165, 1.54) is 16.8 Å². The Bertz CT molecular complexity index is 885. The maximum Gasteiger partial charge on any atom is 0.267 e. The normalized spacial score (nSPS) is 17.4. The van der Waals surface area contributed by atoms with Crippen LogP contribution < -0.4 is 10.9 Å². The van der Waals surface area contributed by atoms with Gasteiger partial charge in [-0.05, 0) is 61.8 Å². The van der Waals surface area contributed by atoms with Gasteiger partial charge in [0.2, 0.25) is 5.91 Å². The highest BCUT2D eigenvalue weighted by molar-refractivity contribution is 5.91. The van der Waals surface area contributed by atoms with Crippen LogP contribution in [-0.2, 0) is 29.6 Å². The van der Waals surface area contributed by atoms with Crippen LogP contribution in [-0.4, -0.2) is 22.2 Å². The van der Waals surface area contributed by atoms with Crippen LogP contribution in [0.4, 0.5) is 4.39 Å². The highest BCUT2D eigenvalue weighted by atomic mass is 19.1. The van der Waals surface area contributed by atoms with Gasteiger partial charge in [-0.25, -0.2) is 9.07 Å². The lowest BCUT2D eigenvalue weighted by atomic mass is 9.95. The minimum atomic E-state index is -0.540. The van der Waals surface area contributed by atoms with E-state index >= 15 is 0 Å². The van der Waals surface area contributed by atoms with Crippen molar-refractivity contribution in [1.29, 1.82) is 0 Å². The minimum Gasteiger partial charge on any atom is -0.353 e. The van der Waals surface area contributed by atoms with E-state index in [0.717, 1.165) is 55.3 Å². The van der Waals surface area contributed by atoms with Gasteiger partial charge in [0.15, 0.2) is 0 Å². The number of aromatic nitrogens is 2. The van der Waals surface area contributed by atoms with E-state index < -0.39 is 5.41 Å². The maximum atomic E-state index is 13.1. The SMILES string of the molecule is O=C(NCCn1nc2c(cc1=O)CCCC2)C1(c2ccc(F)cc2)CC1. The molecule has 0 aliphatic heterocycles. The van der Waals surface area contributed by atoms with Crippen molar-refractivity contribution in [3.8, 4) is 0 Å². The first-order valence-electron chi connectivity index (χ1n) is 9.23. The first-order valence-corrected chi connectivity index (χ1v) is 9.23.